The summed E-state index contributed by atoms with van der Waals surface area (Å²) >= 11 is 0. The Bertz CT molecular complexity index is 690. The van der Waals surface area contributed by atoms with Crippen LogP contribution < -0.4 is 11.1 Å². The highest BCUT2D eigenvalue weighted by Crippen LogP contribution is 2.25. The third-order valence-corrected chi connectivity index (χ3v) is 5.07. The SMILES string of the molecule is O=C(CCn1cc[nH]c(=O)c1=O)N1CCN([C@@H]2CCC[C@H]2O)CC1. The smallest absolute Gasteiger partial charge is 0.316 e. The van der Waals surface area contributed by atoms with Crippen molar-refractivity contribution < 1.29 is 9.90 Å². The maximum Gasteiger partial charge on any atom is 0.316 e. The molecular formula is C16H24N4O4. The molecule has 1 aromatic heterocycles. The fraction of sp³-hybridized carbons (Fsp3) is 0.688. The van der Waals surface area contributed by atoms with Crippen LogP contribution in [-0.2, 0) is 11.3 Å². The van der Waals surface area contributed by atoms with Gasteiger partial charge < -0.3 is 19.6 Å². The predicted octanol–water partition coefficient (Wildman–Crippen LogP) is -1.02. The van der Waals surface area contributed by atoms with Crippen LogP contribution in [0.15, 0.2) is 22.0 Å². The van der Waals surface area contributed by atoms with E-state index >= 15 is 0 Å². The molecule has 0 unspecified atom stereocenters. The van der Waals surface area contributed by atoms with E-state index in [0.29, 0.717) is 13.1 Å². The molecule has 8 heteroatoms. The number of amides is 1. The van der Waals surface area contributed by atoms with E-state index in [1.54, 1.807) is 4.90 Å². The molecule has 0 spiro atoms. The van der Waals surface area contributed by atoms with E-state index in [1.165, 1.54) is 17.0 Å². The Morgan fingerprint density at radius 3 is 2.62 bits per heavy atom. The molecule has 0 bridgehead atoms. The van der Waals surface area contributed by atoms with Gasteiger partial charge in [0.2, 0.25) is 5.91 Å². The van der Waals surface area contributed by atoms with Gasteiger partial charge in [-0.3, -0.25) is 19.3 Å². The van der Waals surface area contributed by atoms with Crippen LogP contribution in [0.1, 0.15) is 25.7 Å². The average molecular weight is 336 g/mol. The largest absolute Gasteiger partial charge is 0.391 e. The molecule has 2 fully saturated rings. The number of carbonyl (C=O) groups excluding carboxylic acids is 1. The molecular weight excluding hydrogens is 312 g/mol. The minimum atomic E-state index is -0.673. The van der Waals surface area contributed by atoms with Crippen molar-refractivity contribution >= 4 is 5.91 Å². The Labute approximate surface area is 139 Å². The molecule has 3 rings (SSSR count). The quantitative estimate of drug-likeness (QED) is 0.686. The van der Waals surface area contributed by atoms with Gasteiger partial charge in [0.1, 0.15) is 0 Å². The molecule has 1 saturated heterocycles. The number of nitrogens with one attached hydrogen (secondary N) is 1. The van der Waals surface area contributed by atoms with Gasteiger partial charge >= 0.3 is 11.1 Å². The molecule has 132 valence electrons. The maximum absolute atomic E-state index is 12.3. The number of aromatic amines is 1. The van der Waals surface area contributed by atoms with Crippen LogP contribution in [0.2, 0.25) is 0 Å². The zero-order chi connectivity index (χ0) is 17.1. The standard InChI is InChI=1S/C16H24N4O4/c21-13-3-1-2-12(13)18-8-10-19(11-9-18)14(22)4-6-20-7-5-17-15(23)16(20)24/h5,7,12-13,21H,1-4,6,8-11H2,(H,17,23)/t12-,13-/m1/s1. The summed E-state index contributed by atoms with van der Waals surface area (Å²) in [5.74, 6) is -0.00574. The number of H-pyrrole nitrogens is 1. The first-order valence-corrected chi connectivity index (χ1v) is 8.54. The number of aromatic nitrogens is 2. The Hall–Kier alpha value is -1.93. The van der Waals surface area contributed by atoms with Crippen molar-refractivity contribution in [1.29, 1.82) is 0 Å². The van der Waals surface area contributed by atoms with Crippen LogP contribution in [0, 0.1) is 0 Å². The second kappa shape index (κ2) is 7.31. The minimum absolute atomic E-state index is 0.00574. The van der Waals surface area contributed by atoms with E-state index in [4.69, 9.17) is 0 Å². The van der Waals surface area contributed by atoms with E-state index in [0.717, 1.165) is 32.4 Å². The van der Waals surface area contributed by atoms with E-state index in [-0.39, 0.29) is 31.0 Å². The topological polar surface area (TPSA) is 98.6 Å². The number of hydrogen-bond donors (Lipinski definition) is 2. The summed E-state index contributed by atoms with van der Waals surface area (Å²) in [6.45, 7) is 3.05. The molecule has 1 saturated carbocycles. The zero-order valence-corrected chi connectivity index (χ0v) is 13.7. The Balaban J connectivity index is 1.49. The summed E-state index contributed by atoms with van der Waals surface area (Å²) < 4.78 is 1.27. The molecule has 1 aliphatic heterocycles. The first-order valence-electron chi connectivity index (χ1n) is 8.54. The van der Waals surface area contributed by atoms with Gasteiger partial charge in [0.25, 0.3) is 0 Å². The molecule has 2 heterocycles. The van der Waals surface area contributed by atoms with Crippen molar-refractivity contribution in [3.05, 3.63) is 33.1 Å². The monoisotopic (exact) mass is 336 g/mol. The average Bonchev–Trinajstić information content (AvgIpc) is 3.02. The van der Waals surface area contributed by atoms with E-state index in [9.17, 15) is 19.5 Å². The van der Waals surface area contributed by atoms with Crippen molar-refractivity contribution in [1.82, 2.24) is 19.4 Å². The summed E-state index contributed by atoms with van der Waals surface area (Å²) in [7, 11) is 0. The zero-order valence-electron chi connectivity index (χ0n) is 13.7. The van der Waals surface area contributed by atoms with Crippen LogP contribution in [0.5, 0.6) is 0 Å². The Kier molecular flexibility index (Phi) is 5.15. The lowest BCUT2D eigenvalue weighted by atomic mass is 10.1. The first-order chi connectivity index (χ1) is 11.6. The number of nitrogens with zero attached hydrogens (tertiary/aromatic N) is 3. The molecule has 2 N–H and O–H groups in total. The summed E-state index contributed by atoms with van der Waals surface area (Å²) in [6, 6.07) is 0.233. The number of hydrogen-bond acceptors (Lipinski definition) is 5. The number of piperazine rings is 1. The molecule has 1 aromatic rings. The van der Waals surface area contributed by atoms with Gasteiger partial charge in [0, 0.05) is 57.6 Å². The van der Waals surface area contributed by atoms with Crippen molar-refractivity contribution in [2.75, 3.05) is 26.2 Å². The third-order valence-electron chi connectivity index (χ3n) is 5.07. The highest BCUT2D eigenvalue weighted by atomic mass is 16.3. The van der Waals surface area contributed by atoms with Crippen molar-refractivity contribution in [2.45, 2.75) is 44.4 Å². The second-order valence-corrected chi connectivity index (χ2v) is 6.52. The van der Waals surface area contributed by atoms with Gasteiger partial charge in [-0.1, -0.05) is 0 Å². The van der Waals surface area contributed by atoms with E-state index in [2.05, 4.69) is 9.88 Å². The van der Waals surface area contributed by atoms with Crippen molar-refractivity contribution in [3.63, 3.8) is 0 Å². The minimum Gasteiger partial charge on any atom is -0.391 e. The fourth-order valence-corrected chi connectivity index (χ4v) is 3.66. The number of carbonyl (C=O) groups is 1. The van der Waals surface area contributed by atoms with Gasteiger partial charge in [0.05, 0.1) is 6.10 Å². The highest BCUT2D eigenvalue weighted by Gasteiger charge is 2.33. The molecule has 0 radical (unpaired) electrons. The lowest BCUT2D eigenvalue weighted by Gasteiger charge is -2.39. The maximum atomic E-state index is 12.3. The number of aliphatic hydroxyl groups is 1. The normalized spacial score (nSPS) is 25.1. The molecule has 2 aliphatic rings. The van der Waals surface area contributed by atoms with Gasteiger partial charge in [0.15, 0.2) is 0 Å². The summed E-state index contributed by atoms with van der Waals surface area (Å²) in [5.41, 5.74) is -1.31. The Morgan fingerprint density at radius 2 is 1.96 bits per heavy atom. The summed E-state index contributed by atoms with van der Waals surface area (Å²) in [5, 5.41) is 9.99. The van der Waals surface area contributed by atoms with Gasteiger partial charge in [-0.15, -0.1) is 0 Å². The van der Waals surface area contributed by atoms with Gasteiger partial charge in [-0.05, 0) is 19.3 Å². The van der Waals surface area contributed by atoms with Gasteiger partial charge in [-0.2, -0.15) is 0 Å². The lowest BCUT2D eigenvalue weighted by molar-refractivity contribution is -0.133. The number of rotatable bonds is 4. The van der Waals surface area contributed by atoms with Crippen LogP contribution in [0.3, 0.4) is 0 Å². The summed E-state index contributed by atoms with van der Waals surface area (Å²) in [6.07, 6.45) is 5.81. The molecule has 2 atom stereocenters. The molecule has 1 amide bonds. The fourth-order valence-electron chi connectivity index (χ4n) is 3.66. The van der Waals surface area contributed by atoms with E-state index < -0.39 is 11.1 Å². The summed E-state index contributed by atoms with van der Waals surface area (Å²) in [4.78, 5) is 41.6. The predicted molar refractivity (Wildman–Crippen MR) is 87.7 cm³/mol. The van der Waals surface area contributed by atoms with Crippen LogP contribution >= 0.6 is 0 Å². The number of aliphatic hydroxyl groups excluding tert-OH is 1. The van der Waals surface area contributed by atoms with Crippen molar-refractivity contribution in [2.24, 2.45) is 0 Å². The molecule has 24 heavy (non-hydrogen) atoms. The van der Waals surface area contributed by atoms with E-state index in [1.807, 2.05) is 0 Å². The lowest BCUT2D eigenvalue weighted by Crippen LogP contribution is -2.53. The van der Waals surface area contributed by atoms with Crippen LogP contribution in [-0.4, -0.2) is 68.7 Å². The molecule has 1 aliphatic carbocycles. The third kappa shape index (κ3) is 3.59. The second-order valence-electron chi connectivity index (χ2n) is 6.52. The molecule has 0 aromatic carbocycles. The van der Waals surface area contributed by atoms with Crippen molar-refractivity contribution in [3.8, 4) is 0 Å². The first kappa shape index (κ1) is 16.9. The van der Waals surface area contributed by atoms with Gasteiger partial charge in [-0.25, -0.2) is 0 Å². The van der Waals surface area contributed by atoms with Crippen LogP contribution in [0.25, 0.3) is 0 Å². The number of aryl methyl sites for hydroxylation is 1. The highest BCUT2D eigenvalue weighted by molar-refractivity contribution is 5.76. The molecule has 8 nitrogen and oxygen atoms in total. The Morgan fingerprint density at radius 1 is 1.21 bits per heavy atom. The van der Waals surface area contributed by atoms with Crippen LogP contribution in [0.4, 0.5) is 0 Å².